The Hall–Kier alpha value is -1.17. The van der Waals surface area contributed by atoms with E-state index in [2.05, 4.69) is 10.1 Å². The fraction of sp³-hybridized carbons (Fsp3) is 0.167. The Labute approximate surface area is 128 Å². The smallest absolute Gasteiger partial charge is 0.387 e. The van der Waals surface area contributed by atoms with Crippen LogP contribution >= 0.6 is 34.8 Å². The second kappa shape index (κ2) is 6.52. The molecule has 0 saturated carbocycles. The monoisotopic (exact) mass is 341 g/mol. The molecule has 0 spiro atoms. The van der Waals surface area contributed by atoms with Gasteiger partial charge >= 0.3 is 6.61 Å². The Morgan fingerprint density at radius 1 is 1.15 bits per heavy atom. The van der Waals surface area contributed by atoms with Crippen molar-refractivity contribution < 1.29 is 17.9 Å². The molecular weight excluding hydrogens is 334 g/mol. The number of nitrogens with one attached hydrogen (secondary N) is 1. The maximum Gasteiger partial charge on any atom is 0.387 e. The lowest BCUT2D eigenvalue weighted by atomic mass is 10.3. The number of rotatable bonds is 5. The van der Waals surface area contributed by atoms with Crippen LogP contribution in [0.1, 0.15) is 5.76 Å². The standard InChI is InChI=1S/C12H8Cl3F2NO2/c13-8-3-6(4-9(14)11(8)20-12(16)17)18-5-7-1-2-10(15)19-7/h1-4,12,18H,5H2. The van der Waals surface area contributed by atoms with Gasteiger partial charge in [0.15, 0.2) is 11.0 Å². The van der Waals surface area contributed by atoms with E-state index in [4.69, 9.17) is 39.2 Å². The van der Waals surface area contributed by atoms with Gasteiger partial charge in [0.2, 0.25) is 0 Å². The van der Waals surface area contributed by atoms with Gasteiger partial charge in [0.25, 0.3) is 0 Å². The van der Waals surface area contributed by atoms with Crippen molar-refractivity contribution >= 4 is 40.5 Å². The average molecular weight is 343 g/mol. The molecule has 3 nitrogen and oxygen atoms in total. The minimum atomic E-state index is -2.99. The van der Waals surface area contributed by atoms with Gasteiger partial charge in [-0.3, -0.25) is 0 Å². The molecule has 0 saturated heterocycles. The molecule has 8 heteroatoms. The zero-order valence-electron chi connectivity index (χ0n) is 9.80. The minimum Gasteiger partial charge on any atom is -0.448 e. The second-order valence-corrected chi connectivity index (χ2v) is 4.89. The number of ether oxygens (including phenoxy) is 1. The van der Waals surface area contributed by atoms with E-state index in [0.717, 1.165) is 0 Å². The zero-order chi connectivity index (χ0) is 14.7. The molecule has 0 bridgehead atoms. The van der Waals surface area contributed by atoms with Crippen molar-refractivity contribution in [2.75, 3.05) is 5.32 Å². The molecule has 2 rings (SSSR count). The van der Waals surface area contributed by atoms with Gasteiger partial charge < -0.3 is 14.5 Å². The molecule has 1 aromatic heterocycles. The highest BCUT2D eigenvalue weighted by Gasteiger charge is 2.14. The van der Waals surface area contributed by atoms with E-state index in [0.29, 0.717) is 18.0 Å². The summed E-state index contributed by atoms with van der Waals surface area (Å²) in [4.78, 5) is 0. The first-order valence-electron chi connectivity index (χ1n) is 5.37. The Balaban J connectivity index is 2.09. The molecule has 1 heterocycles. The fourth-order valence-electron chi connectivity index (χ4n) is 1.50. The summed E-state index contributed by atoms with van der Waals surface area (Å²) in [5.74, 6) is 0.352. The summed E-state index contributed by atoms with van der Waals surface area (Å²) in [6, 6.07) is 6.16. The van der Waals surface area contributed by atoms with Crippen molar-refractivity contribution in [3.05, 3.63) is 45.3 Å². The largest absolute Gasteiger partial charge is 0.448 e. The quantitative estimate of drug-likeness (QED) is 0.784. The summed E-state index contributed by atoms with van der Waals surface area (Å²) in [7, 11) is 0. The van der Waals surface area contributed by atoms with Crippen molar-refractivity contribution in [2.24, 2.45) is 0 Å². The topological polar surface area (TPSA) is 34.4 Å². The first-order valence-corrected chi connectivity index (χ1v) is 6.51. The molecule has 108 valence electrons. The van der Waals surface area contributed by atoms with Crippen LogP contribution in [0.4, 0.5) is 14.5 Å². The van der Waals surface area contributed by atoms with Gasteiger partial charge in [0.05, 0.1) is 16.6 Å². The van der Waals surface area contributed by atoms with Crippen LogP contribution in [0.5, 0.6) is 5.75 Å². The molecule has 1 N–H and O–H groups in total. The van der Waals surface area contributed by atoms with E-state index in [1.807, 2.05) is 0 Å². The van der Waals surface area contributed by atoms with E-state index < -0.39 is 6.61 Å². The number of hydrogen-bond donors (Lipinski definition) is 1. The lowest BCUT2D eigenvalue weighted by Gasteiger charge is -2.11. The number of alkyl halides is 2. The molecule has 0 aliphatic carbocycles. The van der Waals surface area contributed by atoms with Crippen LogP contribution in [0, 0.1) is 0 Å². The molecule has 2 aromatic rings. The first kappa shape index (κ1) is 15.2. The summed E-state index contributed by atoms with van der Waals surface area (Å²) in [6.07, 6.45) is 0. The number of halogens is 5. The molecule has 1 aromatic carbocycles. The summed E-state index contributed by atoms with van der Waals surface area (Å²) in [5, 5.41) is 3.22. The van der Waals surface area contributed by atoms with Crippen molar-refractivity contribution in [1.29, 1.82) is 0 Å². The van der Waals surface area contributed by atoms with E-state index in [9.17, 15) is 8.78 Å². The highest BCUT2D eigenvalue weighted by Crippen LogP contribution is 2.37. The van der Waals surface area contributed by atoms with Crippen LogP contribution in [0.25, 0.3) is 0 Å². The Morgan fingerprint density at radius 3 is 2.30 bits per heavy atom. The lowest BCUT2D eigenvalue weighted by Crippen LogP contribution is -2.04. The van der Waals surface area contributed by atoms with E-state index in [-0.39, 0.29) is 21.0 Å². The molecule has 0 amide bonds. The molecule has 0 aliphatic heterocycles. The van der Waals surface area contributed by atoms with E-state index in [1.165, 1.54) is 12.1 Å². The number of anilines is 1. The molecular formula is C12H8Cl3F2NO2. The maximum atomic E-state index is 12.2. The highest BCUT2D eigenvalue weighted by atomic mass is 35.5. The Kier molecular flexibility index (Phi) is 4.96. The van der Waals surface area contributed by atoms with Crippen LogP contribution < -0.4 is 10.1 Å². The van der Waals surface area contributed by atoms with Crippen molar-refractivity contribution in [1.82, 2.24) is 0 Å². The third kappa shape index (κ3) is 3.91. The Bertz CT molecular complexity index is 581. The van der Waals surface area contributed by atoms with Crippen LogP contribution in [0.3, 0.4) is 0 Å². The normalized spacial score (nSPS) is 10.9. The average Bonchev–Trinajstić information content (AvgIpc) is 2.77. The SMILES string of the molecule is FC(F)Oc1c(Cl)cc(NCc2ccc(Cl)o2)cc1Cl. The van der Waals surface area contributed by atoms with Gasteiger partial charge in [-0.1, -0.05) is 23.2 Å². The second-order valence-electron chi connectivity index (χ2n) is 3.71. The van der Waals surface area contributed by atoms with E-state index >= 15 is 0 Å². The van der Waals surface area contributed by atoms with Crippen molar-refractivity contribution in [3.63, 3.8) is 0 Å². The maximum absolute atomic E-state index is 12.2. The minimum absolute atomic E-state index is 0.0159. The summed E-state index contributed by atoms with van der Waals surface area (Å²) < 4.78 is 33.7. The van der Waals surface area contributed by atoms with Gasteiger partial charge in [0.1, 0.15) is 5.76 Å². The number of benzene rings is 1. The highest BCUT2D eigenvalue weighted by molar-refractivity contribution is 6.37. The van der Waals surface area contributed by atoms with Gasteiger partial charge in [-0.15, -0.1) is 0 Å². The lowest BCUT2D eigenvalue weighted by molar-refractivity contribution is -0.0497. The molecule has 0 aliphatic rings. The molecule has 0 fully saturated rings. The van der Waals surface area contributed by atoms with Gasteiger partial charge in [-0.2, -0.15) is 8.78 Å². The first-order chi connectivity index (χ1) is 9.45. The number of hydrogen-bond acceptors (Lipinski definition) is 3. The predicted octanol–water partition coefficient (Wildman–Crippen LogP) is 5.45. The third-order valence-electron chi connectivity index (χ3n) is 2.30. The number of furan rings is 1. The predicted molar refractivity (Wildman–Crippen MR) is 74.1 cm³/mol. The van der Waals surface area contributed by atoms with Crippen molar-refractivity contribution in [3.8, 4) is 5.75 Å². The molecule has 0 unspecified atom stereocenters. The fourth-order valence-corrected chi connectivity index (χ4v) is 2.24. The summed E-state index contributed by atoms with van der Waals surface area (Å²) in [6.45, 7) is -2.65. The van der Waals surface area contributed by atoms with Crippen LogP contribution in [0.2, 0.25) is 15.3 Å². The van der Waals surface area contributed by atoms with Gasteiger partial charge in [-0.05, 0) is 35.9 Å². The molecule has 0 atom stereocenters. The summed E-state index contributed by atoms with van der Waals surface area (Å²) >= 11 is 17.3. The zero-order valence-corrected chi connectivity index (χ0v) is 12.1. The molecule has 20 heavy (non-hydrogen) atoms. The van der Waals surface area contributed by atoms with Gasteiger partial charge in [0, 0.05) is 5.69 Å². The third-order valence-corrected chi connectivity index (χ3v) is 3.07. The van der Waals surface area contributed by atoms with Crippen LogP contribution in [0.15, 0.2) is 28.7 Å². The van der Waals surface area contributed by atoms with Crippen LogP contribution in [-0.2, 0) is 6.54 Å². The van der Waals surface area contributed by atoms with Gasteiger partial charge in [-0.25, -0.2) is 0 Å². The Morgan fingerprint density at radius 2 is 1.80 bits per heavy atom. The van der Waals surface area contributed by atoms with Crippen LogP contribution in [-0.4, -0.2) is 6.61 Å². The van der Waals surface area contributed by atoms with E-state index in [1.54, 1.807) is 12.1 Å². The van der Waals surface area contributed by atoms with Crippen molar-refractivity contribution in [2.45, 2.75) is 13.2 Å². The molecule has 0 radical (unpaired) electrons. The summed E-state index contributed by atoms with van der Waals surface area (Å²) in [5.41, 5.74) is 0.536.